The van der Waals surface area contributed by atoms with Gasteiger partial charge in [-0.2, -0.15) is 0 Å². The maximum absolute atomic E-state index is 9.81. The lowest BCUT2D eigenvalue weighted by atomic mass is 9.82. The summed E-state index contributed by atoms with van der Waals surface area (Å²) in [7, 11) is 0. The molecule has 0 spiro atoms. The van der Waals surface area contributed by atoms with Gasteiger partial charge in [0.2, 0.25) is 0 Å². The number of hydrogen-bond acceptors (Lipinski definition) is 5. The van der Waals surface area contributed by atoms with Gasteiger partial charge in [-0.1, -0.05) is 42.5 Å². The van der Waals surface area contributed by atoms with Crippen LogP contribution in [0.5, 0.6) is 0 Å². The van der Waals surface area contributed by atoms with E-state index in [0.717, 1.165) is 57.6 Å². The number of imidazole rings is 1. The average Bonchev–Trinajstić information content (AvgIpc) is 3.18. The molecule has 0 aliphatic heterocycles. The van der Waals surface area contributed by atoms with Crippen molar-refractivity contribution in [3.63, 3.8) is 0 Å². The molecule has 1 aliphatic carbocycles. The maximum Gasteiger partial charge on any atom is 0.150 e. The third-order valence-electron chi connectivity index (χ3n) is 6.45. The maximum atomic E-state index is 9.81. The largest absolute Gasteiger partial charge is 0.393 e. The fourth-order valence-electron chi connectivity index (χ4n) is 4.68. The highest BCUT2D eigenvalue weighted by Gasteiger charge is 2.33. The molecule has 3 N–H and O–H groups in total. The topological polar surface area (TPSA) is 89.3 Å². The molecule has 0 radical (unpaired) electrons. The SMILES string of the molecule is Cc1cc(-c2ccccc2)nc2cc(-c3nc(C4CC(O)C4)n4ccnc(N)c34)ccc12. The van der Waals surface area contributed by atoms with E-state index in [-0.39, 0.29) is 12.0 Å². The van der Waals surface area contributed by atoms with E-state index in [9.17, 15) is 5.11 Å². The van der Waals surface area contributed by atoms with Gasteiger partial charge in [-0.3, -0.25) is 4.40 Å². The number of hydrogen-bond donors (Lipinski definition) is 2. The van der Waals surface area contributed by atoms with E-state index in [4.69, 9.17) is 15.7 Å². The van der Waals surface area contributed by atoms with Gasteiger partial charge in [0, 0.05) is 34.8 Å². The molecule has 0 atom stereocenters. The molecule has 158 valence electrons. The van der Waals surface area contributed by atoms with Gasteiger partial charge in [0.15, 0.2) is 0 Å². The Hall–Kier alpha value is -3.77. The summed E-state index contributed by atoms with van der Waals surface area (Å²) >= 11 is 0. The monoisotopic (exact) mass is 421 g/mol. The highest BCUT2D eigenvalue weighted by Crippen LogP contribution is 2.40. The molecule has 0 saturated heterocycles. The van der Waals surface area contributed by atoms with Crippen LogP contribution in [0.1, 0.15) is 30.1 Å². The van der Waals surface area contributed by atoms with Crippen molar-refractivity contribution in [2.45, 2.75) is 31.8 Å². The lowest BCUT2D eigenvalue weighted by molar-refractivity contribution is 0.0715. The number of aryl methyl sites for hydroxylation is 1. The van der Waals surface area contributed by atoms with E-state index in [2.05, 4.69) is 48.3 Å². The van der Waals surface area contributed by atoms with Gasteiger partial charge in [0.25, 0.3) is 0 Å². The first-order valence-electron chi connectivity index (χ1n) is 10.9. The van der Waals surface area contributed by atoms with Gasteiger partial charge in [-0.15, -0.1) is 0 Å². The minimum absolute atomic E-state index is 0.221. The summed E-state index contributed by atoms with van der Waals surface area (Å²) in [6.45, 7) is 2.12. The summed E-state index contributed by atoms with van der Waals surface area (Å²) in [6.07, 6.45) is 4.79. The third-order valence-corrected chi connectivity index (χ3v) is 6.45. The summed E-state index contributed by atoms with van der Waals surface area (Å²) in [5, 5.41) is 10.9. The molecule has 1 saturated carbocycles. The van der Waals surface area contributed by atoms with Crippen LogP contribution in [-0.2, 0) is 0 Å². The van der Waals surface area contributed by atoms with Crippen molar-refractivity contribution in [1.29, 1.82) is 0 Å². The average molecular weight is 422 g/mol. The molecule has 6 heteroatoms. The Morgan fingerprint density at radius 2 is 1.81 bits per heavy atom. The third kappa shape index (κ3) is 2.95. The van der Waals surface area contributed by atoms with Gasteiger partial charge in [0.05, 0.1) is 17.3 Å². The number of aliphatic hydroxyl groups is 1. The lowest BCUT2D eigenvalue weighted by Gasteiger charge is -2.30. The van der Waals surface area contributed by atoms with Gasteiger partial charge >= 0.3 is 0 Å². The highest BCUT2D eigenvalue weighted by atomic mass is 16.3. The molecule has 1 aliphatic rings. The van der Waals surface area contributed by atoms with Crippen LogP contribution in [0.4, 0.5) is 5.82 Å². The Kier molecular flexibility index (Phi) is 4.23. The number of nitrogens with two attached hydrogens (primary N) is 1. The molecule has 32 heavy (non-hydrogen) atoms. The van der Waals surface area contributed by atoms with Gasteiger partial charge in [-0.25, -0.2) is 15.0 Å². The molecule has 3 heterocycles. The smallest absolute Gasteiger partial charge is 0.150 e. The number of rotatable bonds is 3. The van der Waals surface area contributed by atoms with Crippen molar-refractivity contribution in [2.24, 2.45) is 0 Å². The molecule has 0 bridgehead atoms. The quantitative estimate of drug-likeness (QED) is 0.439. The molecule has 6 rings (SSSR count). The van der Waals surface area contributed by atoms with Gasteiger partial charge in [0.1, 0.15) is 22.9 Å². The minimum Gasteiger partial charge on any atom is -0.393 e. The number of aliphatic hydroxyl groups excluding tert-OH is 1. The summed E-state index contributed by atoms with van der Waals surface area (Å²) in [5.74, 6) is 1.60. The zero-order valence-corrected chi connectivity index (χ0v) is 17.7. The Labute approximate surface area is 185 Å². The molecular weight excluding hydrogens is 398 g/mol. The van der Waals surface area contributed by atoms with Crippen molar-refractivity contribution in [2.75, 3.05) is 5.73 Å². The van der Waals surface area contributed by atoms with E-state index in [0.29, 0.717) is 5.82 Å². The van der Waals surface area contributed by atoms with Crippen LogP contribution in [0.2, 0.25) is 0 Å². The van der Waals surface area contributed by atoms with Crippen LogP contribution < -0.4 is 5.73 Å². The van der Waals surface area contributed by atoms with E-state index < -0.39 is 0 Å². The van der Waals surface area contributed by atoms with E-state index in [1.807, 2.05) is 28.8 Å². The molecule has 6 nitrogen and oxygen atoms in total. The zero-order chi connectivity index (χ0) is 21.8. The van der Waals surface area contributed by atoms with E-state index >= 15 is 0 Å². The summed E-state index contributed by atoms with van der Waals surface area (Å²) < 4.78 is 2.03. The number of nitrogens with zero attached hydrogens (tertiary/aromatic N) is 4. The van der Waals surface area contributed by atoms with E-state index in [1.54, 1.807) is 6.20 Å². The van der Waals surface area contributed by atoms with E-state index in [1.165, 1.54) is 5.56 Å². The van der Waals surface area contributed by atoms with Crippen molar-refractivity contribution in [3.8, 4) is 22.5 Å². The summed E-state index contributed by atoms with van der Waals surface area (Å²) in [4.78, 5) is 14.3. The molecule has 2 aromatic carbocycles. The van der Waals surface area contributed by atoms with Crippen LogP contribution >= 0.6 is 0 Å². The first-order chi connectivity index (χ1) is 15.6. The first kappa shape index (κ1) is 19.0. The molecule has 5 aromatic rings. The van der Waals surface area contributed by atoms with Crippen LogP contribution in [0.3, 0.4) is 0 Å². The second-order valence-electron chi connectivity index (χ2n) is 8.59. The van der Waals surface area contributed by atoms with Crippen LogP contribution in [0.15, 0.2) is 67.0 Å². The van der Waals surface area contributed by atoms with Crippen molar-refractivity contribution < 1.29 is 5.11 Å². The fraction of sp³-hybridized carbons (Fsp3) is 0.192. The molecule has 0 amide bonds. The molecule has 3 aromatic heterocycles. The van der Waals surface area contributed by atoms with Crippen LogP contribution in [-0.4, -0.2) is 30.6 Å². The predicted octanol–water partition coefficient (Wildman–Crippen LogP) is 4.74. The number of pyridine rings is 1. The number of benzene rings is 2. The number of anilines is 1. The standard InChI is InChI=1S/C26H23N5O/c1-15-11-21(16-5-3-2-4-6-16)29-22-14-17(7-8-20(15)22)23-24-25(27)28-9-10-31(24)26(30-23)18-12-19(32)13-18/h2-11,14,18-19,32H,12-13H2,1H3,(H2,27,28). The van der Waals surface area contributed by atoms with Crippen molar-refractivity contribution in [1.82, 2.24) is 19.4 Å². The summed E-state index contributed by atoms with van der Waals surface area (Å²) in [6, 6.07) is 18.6. The molecular formula is C26H23N5O. The van der Waals surface area contributed by atoms with Gasteiger partial charge < -0.3 is 10.8 Å². The van der Waals surface area contributed by atoms with Crippen molar-refractivity contribution >= 4 is 22.2 Å². The molecule has 0 unspecified atom stereocenters. The second kappa shape index (κ2) is 7.14. The second-order valence-corrected chi connectivity index (χ2v) is 8.59. The van der Waals surface area contributed by atoms with Crippen molar-refractivity contribution in [3.05, 3.63) is 78.4 Å². The lowest BCUT2D eigenvalue weighted by Crippen LogP contribution is -2.27. The zero-order valence-electron chi connectivity index (χ0n) is 17.7. The highest BCUT2D eigenvalue weighted by molar-refractivity contribution is 5.92. The molecule has 1 fully saturated rings. The number of nitrogen functional groups attached to an aromatic ring is 1. The normalized spacial score (nSPS) is 18.2. The van der Waals surface area contributed by atoms with Crippen LogP contribution in [0, 0.1) is 6.92 Å². The predicted molar refractivity (Wildman–Crippen MR) is 126 cm³/mol. The number of aromatic nitrogens is 4. The van der Waals surface area contributed by atoms with Gasteiger partial charge in [-0.05, 0) is 37.5 Å². The Balaban J connectivity index is 1.54. The number of fused-ring (bicyclic) bond motifs is 2. The minimum atomic E-state index is -0.251. The fourth-order valence-corrected chi connectivity index (χ4v) is 4.68. The Bertz CT molecular complexity index is 1470. The first-order valence-corrected chi connectivity index (χ1v) is 10.9. The summed E-state index contributed by atoms with van der Waals surface area (Å²) in [5.41, 5.74) is 13.0. The van der Waals surface area contributed by atoms with Crippen LogP contribution in [0.25, 0.3) is 38.9 Å². The Morgan fingerprint density at radius 1 is 1.00 bits per heavy atom. The Morgan fingerprint density at radius 3 is 2.59 bits per heavy atom.